The Kier molecular flexibility index (Phi) is 4.90. The van der Waals surface area contributed by atoms with Gasteiger partial charge >= 0.3 is 0 Å². The smallest absolute Gasteiger partial charge is 0.283 e. The first-order valence-corrected chi connectivity index (χ1v) is 8.72. The molecule has 6 heteroatoms. The predicted molar refractivity (Wildman–Crippen MR) is 93.9 cm³/mol. The summed E-state index contributed by atoms with van der Waals surface area (Å²) in [6.45, 7) is 6.00. The second-order valence-electron chi connectivity index (χ2n) is 6.33. The van der Waals surface area contributed by atoms with Crippen LogP contribution in [0.3, 0.4) is 0 Å². The number of hydrogen-bond donors (Lipinski definition) is 0. The number of rotatable bonds is 6. The lowest BCUT2D eigenvalue weighted by atomic mass is 10.1. The number of furan rings is 1. The quantitative estimate of drug-likeness (QED) is 0.689. The molecule has 0 aliphatic carbocycles. The molecule has 3 heterocycles. The van der Waals surface area contributed by atoms with Crippen LogP contribution in [0.1, 0.15) is 11.5 Å². The summed E-state index contributed by atoms with van der Waals surface area (Å²) in [7, 11) is 0. The van der Waals surface area contributed by atoms with Gasteiger partial charge in [0.2, 0.25) is 5.89 Å². The first-order valence-electron chi connectivity index (χ1n) is 8.72. The molecule has 2 aromatic heterocycles. The van der Waals surface area contributed by atoms with Crippen molar-refractivity contribution in [3.8, 4) is 11.7 Å². The molecular formula is C19H22N4O2. The zero-order chi connectivity index (χ0) is 16.9. The van der Waals surface area contributed by atoms with Crippen molar-refractivity contribution in [3.63, 3.8) is 0 Å². The summed E-state index contributed by atoms with van der Waals surface area (Å²) in [6, 6.07) is 14.3. The van der Waals surface area contributed by atoms with Crippen LogP contribution in [0.4, 0.5) is 0 Å². The molecule has 0 bridgehead atoms. The summed E-state index contributed by atoms with van der Waals surface area (Å²) in [5.41, 5.74) is 1.40. The van der Waals surface area contributed by atoms with E-state index in [1.165, 1.54) is 5.56 Å². The molecule has 0 amide bonds. The molecule has 1 saturated heterocycles. The first kappa shape index (κ1) is 16.1. The van der Waals surface area contributed by atoms with E-state index >= 15 is 0 Å². The van der Waals surface area contributed by atoms with Crippen molar-refractivity contribution in [1.82, 2.24) is 20.0 Å². The van der Waals surface area contributed by atoms with E-state index in [1.807, 2.05) is 12.1 Å². The van der Waals surface area contributed by atoms with E-state index in [9.17, 15) is 0 Å². The fraction of sp³-hybridized carbons (Fsp3) is 0.368. The third kappa shape index (κ3) is 4.15. The minimum Gasteiger partial charge on any atom is -0.459 e. The van der Waals surface area contributed by atoms with E-state index < -0.39 is 0 Å². The Morgan fingerprint density at radius 2 is 1.68 bits per heavy atom. The number of nitrogens with zero attached hydrogens (tertiary/aromatic N) is 4. The van der Waals surface area contributed by atoms with Crippen LogP contribution in [0, 0.1) is 0 Å². The molecule has 6 nitrogen and oxygen atoms in total. The maximum absolute atomic E-state index is 5.69. The number of hydrogen-bond acceptors (Lipinski definition) is 6. The second-order valence-corrected chi connectivity index (χ2v) is 6.33. The van der Waals surface area contributed by atoms with Gasteiger partial charge in [0.25, 0.3) is 5.89 Å². The maximum atomic E-state index is 5.69. The summed E-state index contributed by atoms with van der Waals surface area (Å²) >= 11 is 0. The Balaban J connectivity index is 1.24. The van der Waals surface area contributed by atoms with E-state index in [-0.39, 0.29) is 0 Å². The molecule has 0 spiro atoms. The lowest BCUT2D eigenvalue weighted by molar-refractivity contribution is 0.120. The summed E-state index contributed by atoms with van der Waals surface area (Å²) in [5, 5.41) is 8.18. The van der Waals surface area contributed by atoms with Gasteiger partial charge in [0.15, 0.2) is 5.76 Å². The molecule has 130 valence electrons. The SMILES string of the molecule is c1ccc(CCN2CCN(Cc3nnc(-c4ccco4)o3)CC2)cc1. The molecule has 0 radical (unpaired) electrons. The molecule has 1 aromatic carbocycles. The highest BCUT2D eigenvalue weighted by atomic mass is 16.4. The summed E-state index contributed by atoms with van der Waals surface area (Å²) in [5.74, 6) is 1.70. The predicted octanol–water partition coefficient (Wildman–Crippen LogP) is 2.69. The van der Waals surface area contributed by atoms with E-state index in [1.54, 1.807) is 6.26 Å². The van der Waals surface area contributed by atoms with Crippen LogP contribution >= 0.6 is 0 Å². The van der Waals surface area contributed by atoms with Gasteiger partial charge in [-0.3, -0.25) is 4.90 Å². The minimum absolute atomic E-state index is 0.446. The van der Waals surface area contributed by atoms with Gasteiger partial charge in [0.1, 0.15) is 0 Å². The highest BCUT2D eigenvalue weighted by Crippen LogP contribution is 2.18. The van der Waals surface area contributed by atoms with Crippen LogP contribution < -0.4 is 0 Å². The van der Waals surface area contributed by atoms with Crippen LogP contribution in [-0.4, -0.2) is 52.7 Å². The molecular weight excluding hydrogens is 316 g/mol. The van der Waals surface area contributed by atoms with Gasteiger partial charge in [-0.15, -0.1) is 10.2 Å². The molecule has 1 aliphatic heterocycles. The molecule has 0 unspecified atom stereocenters. The molecule has 1 aliphatic rings. The van der Waals surface area contributed by atoms with E-state index in [2.05, 4.69) is 50.3 Å². The van der Waals surface area contributed by atoms with Gasteiger partial charge in [0, 0.05) is 32.7 Å². The molecule has 0 N–H and O–H groups in total. The fourth-order valence-electron chi connectivity index (χ4n) is 3.11. The Morgan fingerprint density at radius 3 is 2.44 bits per heavy atom. The minimum atomic E-state index is 0.446. The highest BCUT2D eigenvalue weighted by Gasteiger charge is 2.19. The molecule has 3 aromatic rings. The van der Waals surface area contributed by atoms with Gasteiger partial charge in [0.05, 0.1) is 12.8 Å². The number of aromatic nitrogens is 2. The highest BCUT2D eigenvalue weighted by molar-refractivity contribution is 5.42. The zero-order valence-electron chi connectivity index (χ0n) is 14.2. The summed E-state index contributed by atoms with van der Waals surface area (Å²) < 4.78 is 11.0. The Morgan fingerprint density at radius 1 is 0.880 bits per heavy atom. The first-order chi connectivity index (χ1) is 12.4. The van der Waals surface area contributed by atoms with Crippen molar-refractivity contribution in [2.75, 3.05) is 32.7 Å². The average molecular weight is 338 g/mol. The summed E-state index contributed by atoms with van der Waals surface area (Å²) in [4.78, 5) is 4.88. The standard InChI is InChI=1S/C19H22N4O2/c1-2-5-16(6-3-1)8-9-22-10-12-23(13-11-22)15-18-20-21-19(25-18)17-7-4-14-24-17/h1-7,14H,8-13,15H2. The average Bonchev–Trinajstić information content (AvgIpc) is 3.34. The summed E-state index contributed by atoms with van der Waals surface area (Å²) in [6.07, 6.45) is 2.71. The fourth-order valence-corrected chi connectivity index (χ4v) is 3.11. The lowest BCUT2D eigenvalue weighted by Gasteiger charge is -2.33. The molecule has 4 rings (SSSR count). The Bertz CT molecular complexity index is 762. The maximum Gasteiger partial charge on any atom is 0.283 e. The van der Waals surface area contributed by atoms with Gasteiger partial charge in [-0.05, 0) is 24.1 Å². The van der Waals surface area contributed by atoms with Crippen molar-refractivity contribution in [3.05, 3.63) is 60.2 Å². The van der Waals surface area contributed by atoms with E-state index in [0.717, 1.165) is 39.1 Å². The molecule has 1 fully saturated rings. The monoisotopic (exact) mass is 338 g/mol. The van der Waals surface area contributed by atoms with Crippen LogP contribution in [0.15, 0.2) is 57.6 Å². The van der Waals surface area contributed by atoms with Crippen LogP contribution in [0.25, 0.3) is 11.7 Å². The number of piperazine rings is 1. The van der Waals surface area contributed by atoms with E-state index in [0.29, 0.717) is 24.1 Å². The molecule has 0 atom stereocenters. The van der Waals surface area contributed by atoms with Crippen molar-refractivity contribution in [2.24, 2.45) is 0 Å². The third-order valence-electron chi connectivity index (χ3n) is 4.58. The lowest BCUT2D eigenvalue weighted by Crippen LogP contribution is -2.46. The van der Waals surface area contributed by atoms with E-state index in [4.69, 9.17) is 8.83 Å². The van der Waals surface area contributed by atoms with Gasteiger partial charge in [-0.1, -0.05) is 30.3 Å². The van der Waals surface area contributed by atoms with Crippen LogP contribution in [0.5, 0.6) is 0 Å². The molecule has 25 heavy (non-hydrogen) atoms. The van der Waals surface area contributed by atoms with Crippen molar-refractivity contribution >= 4 is 0 Å². The van der Waals surface area contributed by atoms with Gasteiger partial charge < -0.3 is 13.7 Å². The van der Waals surface area contributed by atoms with Crippen molar-refractivity contribution < 1.29 is 8.83 Å². The Labute approximate surface area is 147 Å². The van der Waals surface area contributed by atoms with Crippen LogP contribution in [0.2, 0.25) is 0 Å². The topological polar surface area (TPSA) is 58.5 Å². The van der Waals surface area contributed by atoms with Crippen molar-refractivity contribution in [1.29, 1.82) is 0 Å². The van der Waals surface area contributed by atoms with Gasteiger partial charge in [-0.25, -0.2) is 0 Å². The normalized spacial score (nSPS) is 16.3. The number of benzene rings is 1. The van der Waals surface area contributed by atoms with Crippen molar-refractivity contribution in [2.45, 2.75) is 13.0 Å². The zero-order valence-corrected chi connectivity index (χ0v) is 14.2. The van der Waals surface area contributed by atoms with Crippen LogP contribution in [-0.2, 0) is 13.0 Å². The third-order valence-corrected chi connectivity index (χ3v) is 4.58. The Hall–Kier alpha value is -2.44. The largest absolute Gasteiger partial charge is 0.459 e. The van der Waals surface area contributed by atoms with Gasteiger partial charge in [-0.2, -0.15) is 0 Å². The second kappa shape index (κ2) is 7.63. The molecule has 0 saturated carbocycles.